The lowest BCUT2D eigenvalue weighted by molar-refractivity contribution is 1.81. The summed E-state index contributed by atoms with van der Waals surface area (Å²) >= 11 is 3.84. The van der Waals surface area contributed by atoms with Crippen molar-refractivity contribution in [1.29, 1.82) is 0 Å². The van der Waals surface area contributed by atoms with E-state index >= 15 is 0 Å². The van der Waals surface area contributed by atoms with E-state index in [1.807, 2.05) is 22.7 Å². The van der Waals surface area contributed by atoms with E-state index in [-0.39, 0.29) is 0 Å². The van der Waals surface area contributed by atoms with E-state index in [1.54, 1.807) is 0 Å². The van der Waals surface area contributed by atoms with Crippen LogP contribution in [0.4, 0.5) is 0 Å². The maximum atomic E-state index is 2.44. The highest BCUT2D eigenvalue weighted by atomic mass is 32.1. The second-order valence-corrected chi connectivity index (χ2v) is 10.7. The van der Waals surface area contributed by atoms with Crippen molar-refractivity contribution < 1.29 is 0 Å². The molecule has 0 radical (unpaired) electrons. The molecule has 0 amide bonds. The number of fused-ring (bicyclic) bond motifs is 10. The topological polar surface area (TPSA) is 0 Å². The first kappa shape index (κ1) is 17.1. The first-order valence-corrected chi connectivity index (χ1v) is 12.5. The number of hydrogen-bond donors (Lipinski definition) is 0. The summed E-state index contributed by atoms with van der Waals surface area (Å²) in [7, 11) is 0. The Morgan fingerprint density at radius 2 is 0.844 bits per heavy atom. The average molecular weight is 441 g/mol. The molecule has 6 aromatic carbocycles. The number of thiophene rings is 2. The van der Waals surface area contributed by atoms with Crippen LogP contribution in [0.3, 0.4) is 0 Å². The molecule has 0 saturated carbocycles. The normalized spacial score (nSPS) is 12.4. The van der Waals surface area contributed by atoms with Crippen LogP contribution in [0, 0.1) is 0 Å². The van der Waals surface area contributed by atoms with Crippen LogP contribution in [0.1, 0.15) is 0 Å². The fraction of sp³-hybridized carbons (Fsp3) is 0. The summed E-state index contributed by atoms with van der Waals surface area (Å²) in [6, 6.07) is 36.2. The van der Waals surface area contributed by atoms with Crippen LogP contribution in [0.15, 0.2) is 97.1 Å². The molecule has 0 N–H and O–H groups in total. The number of hydrogen-bond acceptors (Lipinski definition) is 2. The number of benzene rings is 6. The fourth-order valence-electron chi connectivity index (χ4n) is 5.20. The Hall–Kier alpha value is -3.46. The van der Waals surface area contributed by atoms with E-state index in [9.17, 15) is 0 Å². The van der Waals surface area contributed by atoms with Crippen molar-refractivity contribution in [3.63, 3.8) is 0 Å². The van der Waals surface area contributed by atoms with Crippen molar-refractivity contribution in [2.75, 3.05) is 0 Å². The lowest BCUT2D eigenvalue weighted by Gasteiger charge is -2.02. The highest BCUT2D eigenvalue weighted by Gasteiger charge is 2.13. The molecular formula is C30H16S2. The van der Waals surface area contributed by atoms with Crippen LogP contribution in [0.25, 0.3) is 72.7 Å². The predicted octanol–water partition coefficient (Wildman–Crippen LogP) is 9.88. The zero-order chi connectivity index (χ0) is 20.8. The molecule has 0 aliphatic rings. The molecule has 0 aliphatic heterocycles. The second kappa shape index (κ2) is 6.07. The Labute approximate surface area is 191 Å². The first-order chi connectivity index (χ1) is 15.8. The van der Waals surface area contributed by atoms with Crippen molar-refractivity contribution in [3.8, 4) is 0 Å². The highest BCUT2D eigenvalue weighted by Crippen LogP contribution is 2.44. The van der Waals surface area contributed by atoms with Gasteiger partial charge in [-0.2, -0.15) is 0 Å². The summed E-state index contributed by atoms with van der Waals surface area (Å²) in [4.78, 5) is 0. The minimum atomic E-state index is 1.31. The Morgan fingerprint density at radius 3 is 1.50 bits per heavy atom. The van der Waals surface area contributed by atoms with Crippen LogP contribution >= 0.6 is 22.7 Å². The molecule has 32 heavy (non-hydrogen) atoms. The van der Waals surface area contributed by atoms with Crippen LogP contribution in [0.5, 0.6) is 0 Å². The molecule has 0 aliphatic carbocycles. The zero-order valence-electron chi connectivity index (χ0n) is 17.1. The summed E-state index contributed by atoms with van der Waals surface area (Å²) in [6.45, 7) is 0. The Morgan fingerprint density at radius 1 is 0.344 bits per heavy atom. The Balaban J connectivity index is 1.52. The number of rotatable bonds is 0. The van der Waals surface area contributed by atoms with Crippen molar-refractivity contribution in [2.24, 2.45) is 0 Å². The molecular weight excluding hydrogens is 424 g/mol. The third-order valence-electron chi connectivity index (χ3n) is 6.78. The van der Waals surface area contributed by atoms with Gasteiger partial charge in [0, 0.05) is 45.7 Å². The molecule has 0 saturated heterocycles. The summed E-state index contributed by atoms with van der Waals surface area (Å²) in [5, 5.41) is 13.4. The zero-order valence-corrected chi connectivity index (χ0v) is 18.7. The van der Waals surface area contributed by atoms with Gasteiger partial charge < -0.3 is 0 Å². The summed E-state index contributed by atoms with van der Waals surface area (Å²) in [6.07, 6.45) is 0. The van der Waals surface area contributed by atoms with Gasteiger partial charge in [-0.1, -0.05) is 60.7 Å². The summed E-state index contributed by atoms with van der Waals surface area (Å²) in [5.41, 5.74) is 0. The van der Waals surface area contributed by atoms with Gasteiger partial charge in [0.05, 0.1) is 0 Å². The monoisotopic (exact) mass is 440 g/mol. The maximum absolute atomic E-state index is 2.44. The van der Waals surface area contributed by atoms with E-state index in [1.165, 1.54) is 72.7 Å². The predicted molar refractivity (Wildman–Crippen MR) is 145 cm³/mol. The first-order valence-electron chi connectivity index (χ1n) is 10.8. The minimum absolute atomic E-state index is 1.31. The minimum Gasteiger partial charge on any atom is -0.135 e. The van der Waals surface area contributed by atoms with Gasteiger partial charge in [0.15, 0.2) is 0 Å². The lowest BCUT2D eigenvalue weighted by Crippen LogP contribution is -1.75. The van der Waals surface area contributed by atoms with Crippen molar-refractivity contribution in [2.45, 2.75) is 0 Å². The Bertz CT molecular complexity index is 2040. The summed E-state index contributed by atoms with van der Waals surface area (Å²) in [5.74, 6) is 0. The smallest absolute Gasteiger partial charge is 0.0434 e. The molecule has 0 bridgehead atoms. The van der Waals surface area contributed by atoms with Crippen LogP contribution in [0.2, 0.25) is 0 Å². The van der Waals surface area contributed by atoms with Crippen molar-refractivity contribution >= 4 is 95.3 Å². The lowest BCUT2D eigenvalue weighted by atomic mass is 10.0. The standard InChI is InChI=1S/C30H16S2/c1-4-8-20-14-29-24(11-17(20)5-1)22-10-9-21-15-28-26(16-23(21)30(22)32-29)25-12-18-6-2-3-7-19(18)13-27(25)31-28/h1-16H. The molecule has 2 heteroatoms. The van der Waals surface area contributed by atoms with E-state index < -0.39 is 0 Å². The molecule has 8 rings (SSSR count). The van der Waals surface area contributed by atoms with Gasteiger partial charge in [0.1, 0.15) is 0 Å². The van der Waals surface area contributed by atoms with E-state index in [0.717, 1.165) is 0 Å². The molecule has 0 nitrogen and oxygen atoms in total. The quantitative estimate of drug-likeness (QED) is 0.220. The van der Waals surface area contributed by atoms with Gasteiger partial charge in [-0.15, -0.1) is 22.7 Å². The van der Waals surface area contributed by atoms with Gasteiger partial charge in [-0.25, -0.2) is 0 Å². The molecule has 0 unspecified atom stereocenters. The maximum Gasteiger partial charge on any atom is 0.0434 e. The molecule has 0 atom stereocenters. The van der Waals surface area contributed by atoms with Gasteiger partial charge in [-0.05, 0) is 63.3 Å². The average Bonchev–Trinajstić information content (AvgIpc) is 3.36. The molecule has 148 valence electrons. The van der Waals surface area contributed by atoms with Gasteiger partial charge in [0.2, 0.25) is 0 Å². The largest absolute Gasteiger partial charge is 0.135 e. The SMILES string of the molecule is c1ccc2cc3c(cc2c1)sc1cc2ccc4c5cc6ccccc6cc5sc4c2cc13. The van der Waals surface area contributed by atoms with E-state index in [2.05, 4.69) is 97.1 Å². The van der Waals surface area contributed by atoms with Gasteiger partial charge in [0.25, 0.3) is 0 Å². The summed E-state index contributed by atoms with van der Waals surface area (Å²) < 4.78 is 5.50. The molecule has 0 fully saturated rings. The third-order valence-corrected chi connectivity index (χ3v) is 9.10. The van der Waals surface area contributed by atoms with E-state index in [0.29, 0.717) is 0 Å². The molecule has 2 aromatic heterocycles. The van der Waals surface area contributed by atoms with Crippen molar-refractivity contribution in [3.05, 3.63) is 97.1 Å². The molecule has 2 heterocycles. The van der Waals surface area contributed by atoms with Crippen LogP contribution < -0.4 is 0 Å². The van der Waals surface area contributed by atoms with E-state index in [4.69, 9.17) is 0 Å². The van der Waals surface area contributed by atoms with Crippen molar-refractivity contribution in [1.82, 2.24) is 0 Å². The van der Waals surface area contributed by atoms with Gasteiger partial charge in [-0.3, -0.25) is 0 Å². The second-order valence-electron chi connectivity index (χ2n) is 8.61. The molecule has 8 aromatic rings. The van der Waals surface area contributed by atoms with Crippen LogP contribution in [-0.4, -0.2) is 0 Å². The third kappa shape index (κ3) is 2.26. The highest BCUT2D eigenvalue weighted by molar-refractivity contribution is 7.27. The van der Waals surface area contributed by atoms with Crippen LogP contribution in [-0.2, 0) is 0 Å². The molecule has 0 spiro atoms. The van der Waals surface area contributed by atoms with Gasteiger partial charge >= 0.3 is 0 Å². The fourth-order valence-corrected chi connectivity index (χ4v) is 7.62. The Kier molecular flexibility index (Phi) is 3.25.